The second-order valence-corrected chi connectivity index (χ2v) is 5.24. The van der Waals surface area contributed by atoms with Crippen molar-refractivity contribution in [2.75, 3.05) is 13.0 Å². The SMILES string of the molecule is COc1c(C)cnc(CNC(CCl)C(C)C)c1C. The monoisotopic (exact) mass is 270 g/mol. The molecule has 0 fully saturated rings. The lowest BCUT2D eigenvalue weighted by molar-refractivity contribution is 0.403. The molecule has 0 amide bonds. The number of ether oxygens (including phenoxy) is 1. The summed E-state index contributed by atoms with van der Waals surface area (Å²) in [6, 6.07) is 0.306. The predicted molar refractivity (Wildman–Crippen MR) is 76.4 cm³/mol. The molecule has 1 aromatic heterocycles. The highest BCUT2D eigenvalue weighted by Crippen LogP contribution is 2.23. The molecule has 0 aliphatic rings. The number of nitrogens with one attached hydrogen (secondary N) is 1. The molecular formula is C14H23ClN2O. The average molecular weight is 271 g/mol. The van der Waals surface area contributed by atoms with Crippen molar-refractivity contribution in [3.05, 3.63) is 23.0 Å². The van der Waals surface area contributed by atoms with Gasteiger partial charge in [0.2, 0.25) is 0 Å². The molecule has 0 aliphatic heterocycles. The van der Waals surface area contributed by atoms with Crippen molar-refractivity contribution < 1.29 is 4.74 Å². The van der Waals surface area contributed by atoms with Crippen LogP contribution < -0.4 is 10.1 Å². The summed E-state index contributed by atoms with van der Waals surface area (Å²) in [5.74, 6) is 2.05. The van der Waals surface area contributed by atoms with E-state index in [1.165, 1.54) is 0 Å². The maximum atomic E-state index is 5.94. The Hall–Kier alpha value is -0.800. The summed E-state index contributed by atoms with van der Waals surface area (Å²) in [4.78, 5) is 4.47. The first-order chi connectivity index (χ1) is 8.51. The zero-order chi connectivity index (χ0) is 13.7. The van der Waals surface area contributed by atoms with Gasteiger partial charge in [-0.05, 0) is 19.8 Å². The highest BCUT2D eigenvalue weighted by molar-refractivity contribution is 6.18. The number of rotatable bonds is 6. The zero-order valence-electron chi connectivity index (χ0n) is 11.9. The molecular weight excluding hydrogens is 248 g/mol. The molecule has 1 rings (SSSR count). The number of aromatic nitrogens is 1. The van der Waals surface area contributed by atoms with Crippen LogP contribution in [0.4, 0.5) is 0 Å². The van der Waals surface area contributed by atoms with Crippen LogP contribution >= 0.6 is 11.6 Å². The van der Waals surface area contributed by atoms with Gasteiger partial charge in [0, 0.05) is 35.8 Å². The van der Waals surface area contributed by atoms with Crippen LogP contribution in [0.5, 0.6) is 5.75 Å². The number of methoxy groups -OCH3 is 1. The van der Waals surface area contributed by atoms with Gasteiger partial charge in [-0.3, -0.25) is 4.98 Å². The van der Waals surface area contributed by atoms with Crippen molar-refractivity contribution in [2.24, 2.45) is 5.92 Å². The van der Waals surface area contributed by atoms with Gasteiger partial charge in [-0.1, -0.05) is 13.8 Å². The predicted octanol–water partition coefficient (Wildman–Crippen LogP) is 3.06. The fourth-order valence-electron chi connectivity index (χ4n) is 1.95. The molecule has 1 atom stereocenters. The highest BCUT2D eigenvalue weighted by atomic mass is 35.5. The second-order valence-electron chi connectivity index (χ2n) is 4.93. The molecule has 1 unspecified atom stereocenters. The van der Waals surface area contributed by atoms with E-state index in [2.05, 4.69) is 24.1 Å². The Balaban J connectivity index is 2.79. The van der Waals surface area contributed by atoms with Gasteiger partial charge in [0.1, 0.15) is 5.75 Å². The summed E-state index contributed by atoms with van der Waals surface area (Å²) in [6.07, 6.45) is 1.86. The molecule has 102 valence electrons. The number of alkyl halides is 1. The fraction of sp³-hybridized carbons (Fsp3) is 0.643. The molecule has 3 nitrogen and oxygen atoms in total. The minimum Gasteiger partial charge on any atom is -0.496 e. The van der Waals surface area contributed by atoms with Crippen molar-refractivity contribution in [3.8, 4) is 5.75 Å². The van der Waals surface area contributed by atoms with Gasteiger partial charge < -0.3 is 10.1 Å². The molecule has 0 aromatic carbocycles. The van der Waals surface area contributed by atoms with Crippen molar-refractivity contribution in [2.45, 2.75) is 40.3 Å². The van der Waals surface area contributed by atoms with E-state index < -0.39 is 0 Å². The smallest absolute Gasteiger partial charge is 0.128 e. The van der Waals surface area contributed by atoms with E-state index in [9.17, 15) is 0 Å². The van der Waals surface area contributed by atoms with Crippen LogP contribution in [0, 0.1) is 19.8 Å². The molecule has 0 spiro atoms. The van der Waals surface area contributed by atoms with E-state index in [1.807, 2.05) is 20.0 Å². The second kappa shape index (κ2) is 6.95. The van der Waals surface area contributed by atoms with Crippen LogP contribution in [0.1, 0.15) is 30.7 Å². The number of hydrogen-bond donors (Lipinski definition) is 1. The van der Waals surface area contributed by atoms with E-state index >= 15 is 0 Å². The molecule has 0 aliphatic carbocycles. The maximum Gasteiger partial charge on any atom is 0.128 e. The summed E-state index contributed by atoms with van der Waals surface area (Å²) in [7, 11) is 1.70. The van der Waals surface area contributed by atoms with Gasteiger partial charge in [0.25, 0.3) is 0 Å². The molecule has 1 aromatic rings. The largest absolute Gasteiger partial charge is 0.496 e. The lowest BCUT2D eigenvalue weighted by Crippen LogP contribution is -2.35. The van der Waals surface area contributed by atoms with Gasteiger partial charge >= 0.3 is 0 Å². The Kier molecular flexibility index (Phi) is 5.89. The molecule has 4 heteroatoms. The summed E-state index contributed by atoms with van der Waals surface area (Å²) < 4.78 is 5.40. The standard InChI is InChI=1S/C14H23ClN2O/c1-9(2)12(6-15)17-8-13-11(4)14(18-5)10(3)7-16-13/h7,9,12,17H,6,8H2,1-5H3. The summed E-state index contributed by atoms with van der Waals surface area (Å²) >= 11 is 5.94. The molecule has 1 N–H and O–H groups in total. The molecule has 0 bridgehead atoms. The van der Waals surface area contributed by atoms with Crippen LogP contribution in [0.15, 0.2) is 6.20 Å². The van der Waals surface area contributed by atoms with Gasteiger partial charge in [-0.15, -0.1) is 11.6 Å². The third-order valence-electron chi connectivity index (χ3n) is 3.25. The topological polar surface area (TPSA) is 34.1 Å². The highest BCUT2D eigenvalue weighted by Gasteiger charge is 2.14. The number of halogens is 1. The maximum absolute atomic E-state index is 5.94. The summed E-state index contributed by atoms with van der Waals surface area (Å²) in [5.41, 5.74) is 3.19. The molecule has 0 radical (unpaired) electrons. The number of hydrogen-bond acceptors (Lipinski definition) is 3. The Labute approximate surface area is 115 Å². The van der Waals surface area contributed by atoms with Crippen LogP contribution in [0.3, 0.4) is 0 Å². The van der Waals surface area contributed by atoms with E-state index in [0.717, 1.165) is 29.1 Å². The number of pyridine rings is 1. The van der Waals surface area contributed by atoms with Crippen LogP contribution in [0.25, 0.3) is 0 Å². The first-order valence-electron chi connectivity index (χ1n) is 6.29. The third-order valence-corrected chi connectivity index (χ3v) is 3.58. The normalized spacial score (nSPS) is 12.8. The molecule has 0 saturated carbocycles. The van der Waals surface area contributed by atoms with Gasteiger partial charge in [0.05, 0.1) is 12.8 Å². The number of nitrogens with zero attached hydrogens (tertiary/aromatic N) is 1. The number of aryl methyl sites for hydroxylation is 1. The first kappa shape index (κ1) is 15.3. The Bertz CT molecular complexity index is 394. The lowest BCUT2D eigenvalue weighted by Gasteiger charge is -2.20. The van der Waals surface area contributed by atoms with Gasteiger partial charge in [0.15, 0.2) is 0 Å². The Morgan fingerprint density at radius 3 is 2.56 bits per heavy atom. The summed E-state index contributed by atoms with van der Waals surface area (Å²) in [5, 5.41) is 3.45. The minimum absolute atomic E-state index is 0.306. The van der Waals surface area contributed by atoms with Crippen LogP contribution in [0.2, 0.25) is 0 Å². The van der Waals surface area contributed by atoms with E-state index in [-0.39, 0.29) is 0 Å². The molecule has 0 saturated heterocycles. The lowest BCUT2D eigenvalue weighted by atomic mass is 10.1. The van der Waals surface area contributed by atoms with Crippen molar-refractivity contribution in [1.82, 2.24) is 10.3 Å². The zero-order valence-corrected chi connectivity index (χ0v) is 12.6. The van der Waals surface area contributed by atoms with E-state index in [0.29, 0.717) is 17.8 Å². The van der Waals surface area contributed by atoms with Gasteiger partial charge in [-0.25, -0.2) is 0 Å². The van der Waals surface area contributed by atoms with Crippen LogP contribution in [-0.4, -0.2) is 24.0 Å². The van der Waals surface area contributed by atoms with Crippen molar-refractivity contribution in [1.29, 1.82) is 0 Å². The van der Waals surface area contributed by atoms with E-state index in [4.69, 9.17) is 16.3 Å². The Morgan fingerprint density at radius 1 is 1.39 bits per heavy atom. The van der Waals surface area contributed by atoms with Crippen molar-refractivity contribution >= 4 is 11.6 Å². The van der Waals surface area contributed by atoms with Gasteiger partial charge in [-0.2, -0.15) is 0 Å². The minimum atomic E-state index is 0.306. The Morgan fingerprint density at radius 2 is 2.06 bits per heavy atom. The molecule has 1 heterocycles. The first-order valence-corrected chi connectivity index (χ1v) is 6.83. The third kappa shape index (κ3) is 3.59. The molecule has 18 heavy (non-hydrogen) atoms. The fourth-order valence-corrected chi connectivity index (χ4v) is 2.41. The summed E-state index contributed by atoms with van der Waals surface area (Å²) in [6.45, 7) is 9.09. The van der Waals surface area contributed by atoms with E-state index in [1.54, 1.807) is 7.11 Å². The van der Waals surface area contributed by atoms with Crippen LogP contribution in [-0.2, 0) is 6.54 Å². The average Bonchev–Trinajstić information content (AvgIpc) is 2.32. The van der Waals surface area contributed by atoms with Crippen molar-refractivity contribution in [3.63, 3.8) is 0 Å². The quantitative estimate of drug-likeness (QED) is 0.807.